The van der Waals surface area contributed by atoms with E-state index in [0.717, 1.165) is 22.4 Å². The summed E-state index contributed by atoms with van der Waals surface area (Å²) >= 11 is 0. The van der Waals surface area contributed by atoms with Crippen LogP contribution in [-0.4, -0.2) is 32.3 Å². The minimum Gasteiger partial charge on any atom is -0.494 e. The van der Waals surface area contributed by atoms with E-state index in [4.69, 9.17) is 18.6 Å². The van der Waals surface area contributed by atoms with Crippen molar-refractivity contribution in [1.82, 2.24) is 5.32 Å². The van der Waals surface area contributed by atoms with Crippen LogP contribution in [0.1, 0.15) is 30.0 Å². The molecule has 148 valence electrons. The van der Waals surface area contributed by atoms with Gasteiger partial charge in [0.25, 0.3) is 5.91 Å². The number of carbonyl (C=O) groups excluding carboxylic acids is 1. The lowest BCUT2D eigenvalue weighted by Gasteiger charge is -2.09. The summed E-state index contributed by atoms with van der Waals surface area (Å²) in [5.41, 5.74) is 1.44. The second-order valence-electron chi connectivity index (χ2n) is 6.05. The van der Waals surface area contributed by atoms with Crippen LogP contribution in [0.4, 0.5) is 0 Å². The number of carbonyl (C=O) groups is 1. The van der Waals surface area contributed by atoms with E-state index in [2.05, 4.69) is 5.32 Å². The van der Waals surface area contributed by atoms with E-state index in [9.17, 15) is 4.79 Å². The van der Waals surface area contributed by atoms with Crippen LogP contribution < -0.4 is 14.8 Å². The van der Waals surface area contributed by atoms with Gasteiger partial charge in [-0.2, -0.15) is 0 Å². The van der Waals surface area contributed by atoms with E-state index < -0.39 is 0 Å². The number of furan rings is 1. The first kappa shape index (κ1) is 19.8. The van der Waals surface area contributed by atoms with Gasteiger partial charge in [0.05, 0.1) is 19.8 Å². The van der Waals surface area contributed by atoms with Crippen LogP contribution in [-0.2, 0) is 11.3 Å². The van der Waals surface area contributed by atoms with Crippen molar-refractivity contribution in [2.24, 2.45) is 0 Å². The summed E-state index contributed by atoms with van der Waals surface area (Å²) in [6, 6.07) is 15.0. The predicted molar refractivity (Wildman–Crippen MR) is 107 cm³/mol. The summed E-state index contributed by atoms with van der Waals surface area (Å²) in [5, 5.41) is 3.74. The summed E-state index contributed by atoms with van der Waals surface area (Å²) in [7, 11) is 0. The number of para-hydroxylation sites is 1. The Bertz CT molecular complexity index is 901. The lowest BCUT2D eigenvalue weighted by atomic mass is 10.1. The van der Waals surface area contributed by atoms with Crippen molar-refractivity contribution in [2.45, 2.75) is 20.5 Å². The minimum absolute atomic E-state index is 0.277. The number of ether oxygens (including phenoxy) is 3. The maximum absolute atomic E-state index is 12.6. The standard InChI is InChI=1S/C22H25NO5/c1-3-25-15-19-18-7-5-6-8-20(18)28-21(19)22(24)23-13-14-27-17-11-9-16(10-12-17)26-4-2/h5-12H,3-4,13-15H2,1-2H3,(H,23,24). The number of rotatable bonds is 10. The molecule has 0 unspecified atom stereocenters. The van der Waals surface area contributed by atoms with E-state index >= 15 is 0 Å². The number of hydrogen-bond acceptors (Lipinski definition) is 5. The van der Waals surface area contributed by atoms with Crippen LogP contribution in [0.3, 0.4) is 0 Å². The maximum atomic E-state index is 12.6. The fourth-order valence-electron chi connectivity index (χ4n) is 2.84. The Balaban J connectivity index is 1.57. The molecule has 6 nitrogen and oxygen atoms in total. The van der Waals surface area contributed by atoms with Gasteiger partial charge in [-0.25, -0.2) is 0 Å². The first-order valence-corrected chi connectivity index (χ1v) is 9.45. The molecular formula is C22H25NO5. The van der Waals surface area contributed by atoms with Gasteiger partial charge in [0.1, 0.15) is 23.7 Å². The molecule has 2 aromatic carbocycles. The van der Waals surface area contributed by atoms with Crippen LogP contribution in [0.25, 0.3) is 11.0 Å². The Labute approximate surface area is 164 Å². The average Bonchev–Trinajstić information content (AvgIpc) is 3.09. The van der Waals surface area contributed by atoms with E-state index in [1.165, 1.54) is 0 Å². The molecule has 1 N–H and O–H groups in total. The Morgan fingerprint density at radius 3 is 2.39 bits per heavy atom. The number of amides is 1. The quantitative estimate of drug-likeness (QED) is 0.532. The van der Waals surface area contributed by atoms with Gasteiger partial charge in [-0.1, -0.05) is 18.2 Å². The summed E-state index contributed by atoms with van der Waals surface area (Å²) < 4.78 is 22.3. The van der Waals surface area contributed by atoms with Gasteiger partial charge in [0.2, 0.25) is 0 Å². The molecule has 0 saturated heterocycles. The highest BCUT2D eigenvalue weighted by atomic mass is 16.5. The van der Waals surface area contributed by atoms with Crippen molar-refractivity contribution < 1.29 is 23.4 Å². The van der Waals surface area contributed by atoms with Crippen molar-refractivity contribution in [3.63, 3.8) is 0 Å². The van der Waals surface area contributed by atoms with Crippen molar-refractivity contribution in [3.05, 3.63) is 59.9 Å². The monoisotopic (exact) mass is 383 g/mol. The van der Waals surface area contributed by atoms with E-state index in [-0.39, 0.29) is 11.7 Å². The molecule has 0 aliphatic rings. The van der Waals surface area contributed by atoms with Gasteiger partial charge >= 0.3 is 0 Å². The summed E-state index contributed by atoms with van der Waals surface area (Å²) in [6.07, 6.45) is 0. The van der Waals surface area contributed by atoms with Gasteiger partial charge in [0.15, 0.2) is 5.76 Å². The van der Waals surface area contributed by atoms with Gasteiger partial charge in [-0.15, -0.1) is 0 Å². The summed E-state index contributed by atoms with van der Waals surface area (Å²) in [4.78, 5) is 12.6. The zero-order valence-electron chi connectivity index (χ0n) is 16.2. The van der Waals surface area contributed by atoms with Gasteiger partial charge in [-0.3, -0.25) is 4.79 Å². The highest BCUT2D eigenvalue weighted by Crippen LogP contribution is 2.26. The SMILES string of the molecule is CCOCc1c(C(=O)NCCOc2ccc(OCC)cc2)oc2ccccc12. The highest BCUT2D eigenvalue weighted by molar-refractivity contribution is 5.99. The van der Waals surface area contributed by atoms with E-state index in [1.807, 2.05) is 62.4 Å². The number of benzene rings is 2. The normalized spacial score (nSPS) is 10.8. The van der Waals surface area contributed by atoms with Crippen LogP contribution in [0.15, 0.2) is 52.9 Å². The van der Waals surface area contributed by atoms with Gasteiger partial charge < -0.3 is 23.9 Å². The van der Waals surface area contributed by atoms with Gasteiger partial charge in [-0.05, 0) is 44.2 Å². The van der Waals surface area contributed by atoms with Crippen LogP contribution in [0, 0.1) is 0 Å². The molecule has 3 aromatic rings. The smallest absolute Gasteiger partial charge is 0.287 e. The highest BCUT2D eigenvalue weighted by Gasteiger charge is 2.20. The number of hydrogen-bond donors (Lipinski definition) is 1. The molecule has 0 fully saturated rings. The molecule has 0 radical (unpaired) electrons. The van der Waals surface area contributed by atoms with Crippen molar-refractivity contribution in [1.29, 1.82) is 0 Å². The van der Waals surface area contributed by atoms with Gasteiger partial charge in [0, 0.05) is 17.6 Å². The van der Waals surface area contributed by atoms with E-state index in [1.54, 1.807) is 0 Å². The summed E-state index contributed by atoms with van der Waals surface area (Å²) in [6.45, 7) is 6.09. The Morgan fingerprint density at radius 2 is 1.68 bits per heavy atom. The molecule has 28 heavy (non-hydrogen) atoms. The summed E-state index contributed by atoms with van der Waals surface area (Å²) in [5.74, 6) is 1.53. The minimum atomic E-state index is -0.277. The lowest BCUT2D eigenvalue weighted by molar-refractivity contribution is 0.0908. The zero-order valence-corrected chi connectivity index (χ0v) is 16.2. The third-order valence-corrected chi connectivity index (χ3v) is 4.15. The second-order valence-corrected chi connectivity index (χ2v) is 6.05. The topological polar surface area (TPSA) is 69.9 Å². The molecule has 0 aliphatic carbocycles. The van der Waals surface area contributed by atoms with Crippen molar-refractivity contribution >= 4 is 16.9 Å². The fourth-order valence-corrected chi connectivity index (χ4v) is 2.84. The van der Waals surface area contributed by atoms with Crippen molar-refractivity contribution in [2.75, 3.05) is 26.4 Å². The molecular weight excluding hydrogens is 358 g/mol. The largest absolute Gasteiger partial charge is 0.494 e. The second kappa shape index (κ2) is 9.80. The zero-order chi connectivity index (χ0) is 19.8. The first-order valence-electron chi connectivity index (χ1n) is 9.45. The molecule has 1 aromatic heterocycles. The van der Waals surface area contributed by atoms with Crippen LogP contribution in [0.2, 0.25) is 0 Å². The van der Waals surface area contributed by atoms with Crippen LogP contribution >= 0.6 is 0 Å². The third kappa shape index (κ3) is 4.84. The lowest BCUT2D eigenvalue weighted by Crippen LogP contribution is -2.28. The molecule has 1 heterocycles. The molecule has 0 saturated carbocycles. The molecule has 0 aliphatic heterocycles. The molecule has 1 amide bonds. The maximum Gasteiger partial charge on any atom is 0.287 e. The third-order valence-electron chi connectivity index (χ3n) is 4.15. The average molecular weight is 383 g/mol. The Hall–Kier alpha value is -2.99. The fraction of sp³-hybridized carbons (Fsp3) is 0.318. The van der Waals surface area contributed by atoms with Crippen molar-refractivity contribution in [3.8, 4) is 11.5 Å². The van der Waals surface area contributed by atoms with E-state index in [0.29, 0.717) is 38.6 Å². The molecule has 0 spiro atoms. The molecule has 0 bridgehead atoms. The Kier molecular flexibility index (Phi) is 6.92. The Morgan fingerprint density at radius 1 is 0.964 bits per heavy atom. The predicted octanol–water partition coefficient (Wildman–Crippen LogP) is 4.18. The molecule has 3 rings (SSSR count). The molecule has 6 heteroatoms. The van der Waals surface area contributed by atoms with Crippen LogP contribution in [0.5, 0.6) is 11.5 Å². The molecule has 0 atom stereocenters. The number of fused-ring (bicyclic) bond motifs is 1. The first-order chi connectivity index (χ1) is 13.7. The number of nitrogens with one attached hydrogen (secondary N) is 1.